The normalized spacial score (nSPS) is 18.9. The molecule has 0 amide bonds. The van der Waals surface area contributed by atoms with Crippen molar-refractivity contribution in [1.82, 2.24) is 14.5 Å². The zero-order valence-electron chi connectivity index (χ0n) is 14.5. The highest BCUT2D eigenvalue weighted by Crippen LogP contribution is 2.21. The Labute approximate surface area is 140 Å². The predicted molar refractivity (Wildman–Crippen MR) is 93.9 cm³/mol. The molecule has 23 heavy (non-hydrogen) atoms. The molecule has 1 aliphatic rings. The third-order valence-corrected chi connectivity index (χ3v) is 6.41. The van der Waals surface area contributed by atoms with E-state index in [-0.39, 0.29) is 0 Å². The highest BCUT2D eigenvalue weighted by atomic mass is 32.2. The average Bonchev–Trinajstić information content (AvgIpc) is 2.54. The first kappa shape index (κ1) is 18.4. The molecule has 0 spiro atoms. The lowest BCUT2D eigenvalue weighted by Gasteiger charge is -2.32. The standard InChI is InChI=1S/C17H29N3O2S/c1-4-7-15(2)18-14-16-8-5-6-9-17(16)23(21,22)20-12-10-19(3)11-13-20/h5-6,8-9,15,18H,4,7,10-14H2,1-3H3. The van der Waals surface area contributed by atoms with Gasteiger partial charge < -0.3 is 10.2 Å². The van der Waals surface area contributed by atoms with Gasteiger partial charge in [0.25, 0.3) is 0 Å². The fraction of sp³-hybridized carbons (Fsp3) is 0.647. The van der Waals surface area contributed by atoms with E-state index in [1.165, 1.54) is 0 Å². The summed E-state index contributed by atoms with van der Waals surface area (Å²) >= 11 is 0. The van der Waals surface area contributed by atoms with Crippen LogP contribution in [0.25, 0.3) is 0 Å². The third kappa shape index (κ3) is 4.76. The molecule has 1 aromatic carbocycles. The smallest absolute Gasteiger partial charge is 0.243 e. The van der Waals surface area contributed by atoms with Crippen LogP contribution in [0.1, 0.15) is 32.3 Å². The van der Waals surface area contributed by atoms with Crippen molar-refractivity contribution in [3.63, 3.8) is 0 Å². The van der Waals surface area contributed by atoms with Gasteiger partial charge in [0.1, 0.15) is 0 Å². The van der Waals surface area contributed by atoms with Crippen molar-refractivity contribution in [2.45, 2.75) is 44.2 Å². The molecule has 1 aliphatic heterocycles. The highest BCUT2D eigenvalue weighted by molar-refractivity contribution is 7.89. The maximum absolute atomic E-state index is 13.0. The molecule has 2 rings (SSSR count). The van der Waals surface area contributed by atoms with Crippen LogP contribution >= 0.6 is 0 Å². The van der Waals surface area contributed by atoms with Gasteiger partial charge in [-0.25, -0.2) is 8.42 Å². The van der Waals surface area contributed by atoms with Crippen LogP contribution in [0.3, 0.4) is 0 Å². The van der Waals surface area contributed by atoms with Gasteiger partial charge in [0.05, 0.1) is 4.90 Å². The molecule has 0 radical (unpaired) electrons. The zero-order valence-corrected chi connectivity index (χ0v) is 15.3. The van der Waals surface area contributed by atoms with Crippen LogP contribution in [0.15, 0.2) is 29.2 Å². The van der Waals surface area contributed by atoms with E-state index in [1.807, 2.05) is 25.2 Å². The van der Waals surface area contributed by atoms with Gasteiger partial charge in [-0.1, -0.05) is 31.5 Å². The number of rotatable bonds is 7. The predicted octanol–water partition coefficient (Wildman–Crippen LogP) is 1.90. The number of benzene rings is 1. The van der Waals surface area contributed by atoms with Crippen molar-refractivity contribution >= 4 is 10.0 Å². The fourth-order valence-electron chi connectivity index (χ4n) is 2.89. The first-order valence-electron chi connectivity index (χ1n) is 8.45. The van der Waals surface area contributed by atoms with E-state index in [0.29, 0.717) is 30.6 Å². The molecule has 6 heteroatoms. The minimum absolute atomic E-state index is 0.388. The van der Waals surface area contributed by atoms with Gasteiger partial charge in [-0.15, -0.1) is 0 Å². The summed E-state index contributed by atoms with van der Waals surface area (Å²) < 4.78 is 27.5. The Kier molecular flexibility index (Phi) is 6.59. The number of nitrogens with zero attached hydrogens (tertiary/aromatic N) is 2. The summed E-state index contributed by atoms with van der Waals surface area (Å²) in [5, 5.41) is 3.43. The van der Waals surface area contributed by atoms with Crippen molar-refractivity contribution in [1.29, 1.82) is 0 Å². The van der Waals surface area contributed by atoms with Crippen LogP contribution in [0.5, 0.6) is 0 Å². The van der Waals surface area contributed by atoms with Crippen LogP contribution in [-0.2, 0) is 16.6 Å². The summed E-state index contributed by atoms with van der Waals surface area (Å²) in [5.41, 5.74) is 0.856. The molecule has 1 heterocycles. The minimum Gasteiger partial charge on any atom is -0.310 e. The molecule has 1 unspecified atom stereocenters. The summed E-state index contributed by atoms with van der Waals surface area (Å²) in [6, 6.07) is 7.75. The minimum atomic E-state index is -3.41. The van der Waals surface area contributed by atoms with Crippen molar-refractivity contribution in [2.24, 2.45) is 0 Å². The molecular formula is C17H29N3O2S. The molecule has 1 saturated heterocycles. The Balaban J connectivity index is 2.15. The lowest BCUT2D eigenvalue weighted by molar-refractivity contribution is 0.222. The van der Waals surface area contributed by atoms with E-state index in [4.69, 9.17) is 0 Å². The van der Waals surface area contributed by atoms with E-state index >= 15 is 0 Å². The van der Waals surface area contributed by atoms with E-state index in [1.54, 1.807) is 10.4 Å². The molecule has 1 aromatic rings. The second-order valence-corrected chi connectivity index (χ2v) is 8.29. The quantitative estimate of drug-likeness (QED) is 0.824. The molecule has 0 aromatic heterocycles. The van der Waals surface area contributed by atoms with E-state index in [2.05, 4.69) is 24.1 Å². The van der Waals surface area contributed by atoms with Crippen LogP contribution in [-0.4, -0.2) is 56.9 Å². The lowest BCUT2D eigenvalue weighted by Crippen LogP contribution is -2.47. The molecule has 1 atom stereocenters. The van der Waals surface area contributed by atoms with Crippen molar-refractivity contribution in [3.05, 3.63) is 29.8 Å². The maximum Gasteiger partial charge on any atom is 0.243 e. The average molecular weight is 340 g/mol. The number of piperazine rings is 1. The Morgan fingerprint density at radius 1 is 1.17 bits per heavy atom. The van der Waals surface area contributed by atoms with Crippen molar-refractivity contribution in [2.75, 3.05) is 33.2 Å². The van der Waals surface area contributed by atoms with Gasteiger partial charge in [0, 0.05) is 38.8 Å². The Bertz CT molecular complexity index is 596. The fourth-order valence-corrected chi connectivity index (χ4v) is 4.53. The van der Waals surface area contributed by atoms with Crippen LogP contribution in [0.4, 0.5) is 0 Å². The van der Waals surface area contributed by atoms with Crippen LogP contribution in [0.2, 0.25) is 0 Å². The third-order valence-electron chi connectivity index (χ3n) is 4.42. The molecule has 130 valence electrons. The molecule has 1 fully saturated rings. The SMILES string of the molecule is CCCC(C)NCc1ccccc1S(=O)(=O)N1CCN(C)CC1. The summed E-state index contributed by atoms with van der Waals surface area (Å²) in [5.74, 6) is 0. The van der Waals surface area contributed by atoms with Crippen molar-refractivity contribution < 1.29 is 8.42 Å². The maximum atomic E-state index is 13.0. The van der Waals surface area contributed by atoms with E-state index in [0.717, 1.165) is 31.5 Å². The van der Waals surface area contributed by atoms with Gasteiger partial charge in [-0.3, -0.25) is 0 Å². The summed E-state index contributed by atoms with van der Waals surface area (Å²) in [6.45, 7) is 7.58. The van der Waals surface area contributed by atoms with Gasteiger partial charge in [0.15, 0.2) is 0 Å². The number of hydrogen-bond acceptors (Lipinski definition) is 4. The highest BCUT2D eigenvalue weighted by Gasteiger charge is 2.29. The molecular weight excluding hydrogens is 310 g/mol. The van der Waals surface area contributed by atoms with Gasteiger partial charge in [-0.05, 0) is 32.0 Å². The summed E-state index contributed by atoms with van der Waals surface area (Å²) in [4.78, 5) is 2.60. The van der Waals surface area contributed by atoms with Crippen LogP contribution in [0, 0.1) is 0 Å². The van der Waals surface area contributed by atoms with E-state index in [9.17, 15) is 8.42 Å². The first-order valence-corrected chi connectivity index (χ1v) is 9.89. The summed E-state index contributed by atoms with van der Waals surface area (Å²) in [6.07, 6.45) is 2.21. The molecule has 0 saturated carbocycles. The van der Waals surface area contributed by atoms with Gasteiger partial charge in [0.2, 0.25) is 10.0 Å². The number of hydrogen-bond donors (Lipinski definition) is 1. The molecule has 1 N–H and O–H groups in total. The molecule has 0 bridgehead atoms. The molecule has 5 nitrogen and oxygen atoms in total. The number of likely N-dealkylation sites (N-methyl/N-ethyl adjacent to an activating group) is 1. The lowest BCUT2D eigenvalue weighted by atomic mass is 10.1. The van der Waals surface area contributed by atoms with E-state index < -0.39 is 10.0 Å². The van der Waals surface area contributed by atoms with Gasteiger partial charge >= 0.3 is 0 Å². The Hall–Kier alpha value is -0.950. The molecule has 0 aliphatic carbocycles. The van der Waals surface area contributed by atoms with Crippen molar-refractivity contribution in [3.8, 4) is 0 Å². The second-order valence-electron chi connectivity index (χ2n) is 6.39. The number of sulfonamides is 1. The topological polar surface area (TPSA) is 52.7 Å². The number of nitrogens with one attached hydrogen (secondary N) is 1. The Morgan fingerprint density at radius 2 is 1.83 bits per heavy atom. The monoisotopic (exact) mass is 339 g/mol. The van der Waals surface area contributed by atoms with Gasteiger partial charge in [-0.2, -0.15) is 4.31 Å². The summed E-state index contributed by atoms with van der Waals surface area (Å²) in [7, 11) is -1.38. The zero-order chi connectivity index (χ0) is 16.9. The first-order chi connectivity index (χ1) is 10.9. The second kappa shape index (κ2) is 8.24. The largest absolute Gasteiger partial charge is 0.310 e. The Morgan fingerprint density at radius 3 is 2.48 bits per heavy atom. The van der Waals surface area contributed by atoms with Crippen LogP contribution < -0.4 is 5.32 Å².